The number of hydrogen-bond acceptors (Lipinski definition) is 4. The molecule has 4 nitrogen and oxygen atoms in total. The van der Waals surface area contributed by atoms with E-state index in [0.717, 1.165) is 25.7 Å². The minimum absolute atomic E-state index is 0.0484. The molecule has 1 rings (SSSR count). The molecule has 0 radical (unpaired) electrons. The predicted octanol–water partition coefficient (Wildman–Crippen LogP) is 1.45. The first kappa shape index (κ1) is 11.8. The molecule has 0 aromatic carbocycles. The molecule has 0 amide bonds. The molecule has 0 heterocycles. The Morgan fingerprint density at radius 1 is 1.27 bits per heavy atom. The zero-order valence-corrected chi connectivity index (χ0v) is 8.63. The molecule has 15 heavy (non-hydrogen) atoms. The maximum absolute atomic E-state index is 10.3. The summed E-state index contributed by atoms with van der Waals surface area (Å²) in [4.78, 5) is 20.3. The van der Waals surface area contributed by atoms with Crippen molar-refractivity contribution in [2.45, 2.75) is 31.8 Å². The first-order valence-corrected chi connectivity index (χ1v) is 5.16. The Labute approximate surface area is 89.2 Å². The molecule has 0 aliphatic heterocycles. The van der Waals surface area contributed by atoms with E-state index in [-0.39, 0.29) is 12.0 Å². The van der Waals surface area contributed by atoms with Crippen LogP contribution >= 0.6 is 0 Å². The standard InChI is InChI=1S/C11H16O4/c12-8-14-7-10-4-2-1-3-5-11(6-10)15-9-13/h1-2,8-11H,3-7H2. The Hall–Kier alpha value is -1.32. The van der Waals surface area contributed by atoms with Crippen LogP contribution in [0.25, 0.3) is 0 Å². The number of ether oxygens (including phenoxy) is 2. The Balaban J connectivity index is 2.44. The molecule has 4 heteroatoms. The molecule has 84 valence electrons. The summed E-state index contributed by atoms with van der Waals surface area (Å²) in [5.41, 5.74) is 0. The van der Waals surface area contributed by atoms with Crippen LogP contribution in [0.2, 0.25) is 0 Å². The minimum atomic E-state index is -0.0484. The average molecular weight is 212 g/mol. The van der Waals surface area contributed by atoms with Crippen molar-refractivity contribution >= 4 is 12.9 Å². The zero-order chi connectivity index (χ0) is 10.9. The second kappa shape index (κ2) is 7.04. The number of carbonyl (C=O) groups is 2. The van der Waals surface area contributed by atoms with Crippen molar-refractivity contribution in [3.05, 3.63) is 12.2 Å². The van der Waals surface area contributed by atoms with E-state index in [4.69, 9.17) is 9.47 Å². The van der Waals surface area contributed by atoms with Crippen LogP contribution in [-0.2, 0) is 19.1 Å². The third-order valence-electron chi connectivity index (χ3n) is 2.54. The van der Waals surface area contributed by atoms with Crippen molar-refractivity contribution in [2.75, 3.05) is 6.61 Å². The van der Waals surface area contributed by atoms with Gasteiger partial charge in [0.25, 0.3) is 12.9 Å². The van der Waals surface area contributed by atoms with E-state index in [9.17, 15) is 9.59 Å². The van der Waals surface area contributed by atoms with Crippen LogP contribution in [0.5, 0.6) is 0 Å². The Morgan fingerprint density at radius 2 is 2.13 bits per heavy atom. The lowest BCUT2D eigenvalue weighted by molar-refractivity contribution is -0.136. The summed E-state index contributed by atoms with van der Waals surface area (Å²) in [6, 6.07) is 0. The van der Waals surface area contributed by atoms with Gasteiger partial charge in [0.15, 0.2) is 0 Å². The van der Waals surface area contributed by atoms with Gasteiger partial charge in [0, 0.05) is 5.92 Å². The maximum atomic E-state index is 10.3. The van der Waals surface area contributed by atoms with Crippen molar-refractivity contribution in [2.24, 2.45) is 5.92 Å². The largest absolute Gasteiger partial charge is 0.468 e. The minimum Gasteiger partial charge on any atom is -0.468 e. The van der Waals surface area contributed by atoms with E-state index in [1.54, 1.807) is 0 Å². The highest BCUT2D eigenvalue weighted by Gasteiger charge is 2.18. The van der Waals surface area contributed by atoms with Crippen LogP contribution in [0.1, 0.15) is 25.7 Å². The highest BCUT2D eigenvalue weighted by Crippen LogP contribution is 2.20. The molecule has 0 saturated heterocycles. The molecule has 0 spiro atoms. The van der Waals surface area contributed by atoms with E-state index in [0.29, 0.717) is 19.6 Å². The average Bonchev–Trinajstić information content (AvgIpc) is 2.20. The Bertz CT molecular complexity index is 225. The molecular weight excluding hydrogens is 196 g/mol. The lowest BCUT2D eigenvalue weighted by Crippen LogP contribution is -2.21. The first-order valence-electron chi connectivity index (χ1n) is 5.16. The molecule has 0 N–H and O–H groups in total. The summed E-state index contributed by atoms with van der Waals surface area (Å²) < 4.78 is 9.71. The van der Waals surface area contributed by atoms with Gasteiger partial charge in [-0.1, -0.05) is 12.2 Å². The molecule has 1 aliphatic rings. The fraction of sp³-hybridized carbons (Fsp3) is 0.636. The van der Waals surface area contributed by atoms with Gasteiger partial charge >= 0.3 is 0 Å². The van der Waals surface area contributed by atoms with Crippen LogP contribution in [0, 0.1) is 5.92 Å². The van der Waals surface area contributed by atoms with E-state index in [1.807, 2.05) is 0 Å². The molecule has 0 bridgehead atoms. The SMILES string of the molecule is O=COCC1CC=CCCC(OC=O)C1. The summed E-state index contributed by atoms with van der Waals surface area (Å²) in [5.74, 6) is 0.247. The monoisotopic (exact) mass is 212 g/mol. The van der Waals surface area contributed by atoms with Gasteiger partial charge in [-0.05, 0) is 25.7 Å². The van der Waals surface area contributed by atoms with Gasteiger partial charge in [0.2, 0.25) is 0 Å². The molecule has 0 fully saturated rings. The lowest BCUT2D eigenvalue weighted by Gasteiger charge is -2.22. The topological polar surface area (TPSA) is 52.6 Å². The molecule has 0 saturated carbocycles. The van der Waals surface area contributed by atoms with E-state index < -0.39 is 0 Å². The van der Waals surface area contributed by atoms with Gasteiger partial charge in [0.1, 0.15) is 6.10 Å². The van der Waals surface area contributed by atoms with Crippen molar-refractivity contribution in [3.8, 4) is 0 Å². The Morgan fingerprint density at radius 3 is 2.87 bits per heavy atom. The van der Waals surface area contributed by atoms with E-state index in [2.05, 4.69) is 12.2 Å². The molecular formula is C11H16O4. The normalized spacial score (nSPS) is 26.1. The van der Waals surface area contributed by atoms with Gasteiger partial charge in [-0.15, -0.1) is 0 Å². The van der Waals surface area contributed by atoms with Crippen LogP contribution in [-0.4, -0.2) is 25.7 Å². The number of rotatable bonds is 5. The molecule has 0 aromatic rings. The van der Waals surface area contributed by atoms with Crippen LogP contribution in [0.3, 0.4) is 0 Å². The predicted molar refractivity (Wildman–Crippen MR) is 54.1 cm³/mol. The van der Waals surface area contributed by atoms with Gasteiger partial charge in [-0.25, -0.2) is 0 Å². The second-order valence-corrected chi connectivity index (χ2v) is 3.67. The van der Waals surface area contributed by atoms with Crippen molar-refractivity contribution in [3.63, 3.8) is 0 Å². The smallest absolute Gasteiger partial charge is 0.293 e. The third kappa shape index (κ3) is 4.63. The van der Waals surface area contributed by atoms with Crippen molar-refractivity contribution in [1.82, 2.24) is 0 Å². The van der Waals surface area contributed by atoms with Crippen LogP contribution in [0.15, 0.2) is 12.2 Å². The molecule has 2 unspecified atom stereocenters. The van der Waals surface area contributed by atoms with Crippen molar-refractivity contribution in [1.29, 1.82) is 0 Å². The quantitative estimate of drug-likeness (QED) is 0.511. The zero-order valence-electron chi connectivity index (χ0n) is 8.63. The van der Waals surface area contributed by atoms with Crippen molar-refractivity contribution < 1.29 is 19.1 Å². The Kier molecular flexibility index (Phi) is 5.51. The summed E-state index contributed by atoms with van der Waals surface area (Å²) >= 11 is 0. The fourth-order valence-corrected chi connectivity index (χ4v) is 1.79. The molecule has 0 aromatic heterocycles. The highest BCUT2D eigenvalue weighted by atomic mass is 16.5. The fourth-order valence-electron chi connectivity index (χ4n) is 1.79. The maximum Gasteiger partial charge on any atom is 0.293 e. The first-order chi connectivity index (χ1) is 7.36. The number of allylic oxidation sites excluding steroid dienone is 2. The molecule has 2 atom stereocenters. The summed E-state index contributed by atoms with van der Waals surface area (Å²) in [6.45, 7) is 1.35. The number of hydrogen-bond donors (Lipinski definition) is 0. The van der Waals surface area contributed by atoms with E-state index >= 15 is 0 Å². The third-order valence-corrected chi connectivity index (χ3v) is 2.54. The van der Waals surface area contributed by atoms with Gasteiger partial charge in [0.05, 0.1) is 6.61 Å². The lowest BCUT2D eigenvalue weighted by atomic mass is 9.93. The summed E-state index contributed by atoms with van der Waals surface area (Å²) in [7, 11) is 0. The number of carbonyl (C=O) groups excluding carboxylic acids is 2. The van der Waals surface area contributed by atoms with Gasteiger partial charge in [-0.2, -0.15) is 0 Å². The molecule has 1 aliphatic carbocycles. The second-order valence-electron chi connectivity index (χ2n) is 3.67. The summed E-state index contributed by atoms with van der Waals surface area (Å²) in [5, 5.41) is 0. The van der Waals surface area contributed by atoms with Gasteiger partial charge in [-0.3, -0.25) is 9.59 Å². The van der Waals surface area contributed by atoms with Crippen LogP contribution < -0.4 is 0 Å². The van der Waals surface area contributed by atoms with Gasteiger partial charge < -0.3 is 9.47 Å². The summed E-state index contributed by atoms with van der Waals surface area (Å²) in [6.07, 6.45) is 7.52. The van der Waals surface area contributed by atoms with Crippen LogP contribution in [0.4, 0.5) is 0 Å². The van der Waals surface area contributed by atoms with E-state index in [1.165, 1.54) is 0 Å². The highest BCUT2D eigenvalue weighted by molar-refractivity contribution is 5.37.